The number of ether oxygens (including phenoxy) is 1. The third-order valence-corrected chi connectivity index (χ3v) is 2.94. The first-order chi connectivity index (χ1) is 10.6. The summed E-state index contributed by atoms with van der Waals surface area (Å²) in [6.07, 6.45) is -0.278. The van der Waals surface area contributed by atoms with Gasteiger partial charge in [0.2, 0.25) is 5.91 Å². The number of hydrogen-bond donors (Lipinski definition) is 2. The second kappa shape index (κ2) is 8.01. The lowest BCUT2D eigenvalue weighted by atomic mass is 10.1. The van der Waals surface area contributed by atoms with E-state index in [4.69, 9.17) is 9.84 Å². The van der Waals surface area contributed by atoms with E-state index in [1.807, 2.05) is 20.8 Å². The number of carboxylic acid groups (broad SMARTS) is 1. The van der Waals surface area contributed by atoms with E-state index < -0.39 is 35.2 Å². The standard InChI is InChI=1S/C16H21F2NO4/c1-16(2,3)23-7-6-13(15(21)22)19-14(20)8-10-4-5-11(17)9-12(10)18/h4-5,9,13H,6-8H2,1-3H3,(H,19,20)(H,21,22). The molecule has 0 bridgehead atoms. The van der Waals surface area contributed by atoms with Gasteiger partial charge in [0, 0.05) is 19.1 Å². The number of carbonyl (C=O) groups excluding carboxylic acids is 1. The predicted molar refractivity (Wildman–Crippen MR) is 80.0 cm³/mol. The zero-order valence-corrected chi connectivity index (χ0v) is 13.4. The van der Waals surface area contributed by atoms with Crippen molar-refractivity contribution in [2.75, 3.05) is 6.61 Å². The van der Waals surface area contributed by atoms with Gasteiger partial charge in [0.15, 0.2) is 0 Å². The fourth-order valence-corrected chi connectivity index (χ4v) is 1.82. The molecule has 0 aliphatic carbocycles. The second-order valence-corrected chi connectivity index (χ2v) is 6.12. The van der Waals surface area contributed by atoms with Crippen molar-refractivity contribution in [1.29, 1.82) is 0 Å². The highest BCUT2D eigenvalue weighted by Crippen LogP contribution is 2.11. The quantitative estimate of drug-likeness (QED) is 0.805. The van der Waals surface area contributed by atoms with Crippen molar-refractivity contribution in [2.24, 2.45) is 0 Å². The number of amides is 1. The van der Waals surface area contributed by atoms with Gasteiger partial charge in [0.05, 0.1) is 12.0 Å². The van der Waals surface area contributed by atoms with Crippen LogP contribution < -0.4 is 5.32 Å². The summed E-state index contributed by atoms with van der Waals surface area (Å²) < 4.78 is 31.7. The molecule has 1 unspecified atom stereocenters. The van der Waals surface area contributed by atoms with Gasteiger partial charge in [-0.3, -0.25) is 4.79 Å². The Morgan fingerprint density at radius 2 is 1.96 bits per heavy atom. The molecule has 0 aliphatic rings. The highest BCUT2D eigenvalue weighted by Gasteiger charge is 2.21. The summed E-state index contributed by atoms with van der Waals surface area (Å²) >= 11 is 0. The van der Waals surface area contributed by atoms with Crippen molar-refractivity contribution in [2.45, 2.75) is 45.3 Å². The monoisotopic (exact) mass is 329 g/mol. The van der Waals surface area contributed by atoms with Crippen molar-refractivity contribution in [1.82, 2.24) is 5.32 Å². The van der Waals surface area contributed by atoms with Gasteiger partial charge in [-0.05, 0) is 32.4 Å². The Kier molecular flexibility index (Phi) is 6.62. The number of rotatable bonds is 7. The number of aliphatic carboxylic acids is 1. The van der Waals surface area contributed by atoms with Gasteiger partial charge in [0.1, 0.15) is 17.7 Å². The number of carboxylic acids is 1. The lowest BCUT2D eigenvalue weighted by molar-refractivity contribution is -0.142. The molecule has 0 saturated heterocycles. The van der Waals surface area contributed by atoms with E-state index in [9.17, 15) is 18.4 Å². The average Bonchev–Trinajstić information content (AvgIpc) is 2.39. The fourth-order valence-electron chi connectivity index (χ4n) is 1.82. The maximum absolute atomic E-state index is 13.5. The van der Waals surface area contributed by atoms with E-state index >= 15 is 0 Å². The molecule has 0 spiro atoms. The first-order valence-corrected chi connectivity index (χ1v) is 7.18. The maximum atomic E-state index is 13.5. The van der Waals surface area contributed by atoms with Crippen LogP contribution in [0, 0.1) is 11.6 Å². The van der Waals surface area contributed by atoms with E-state index in [1.165, 1.54) is 0 Å². The van der Waals surface area contributed by atoms with Crippen LogP contribution in [0.5, 0.6) is 0 Å². The fraction of sp³-hybridized carbons (Fsp3) is 0.500. The zero-order valence-electron chi connectivity index (χ0n) is 13.4. The lowest BCUT2D eigenvalue weighted by Gasteiger charge is -2.21. The molecule has 5 nitrogen and oxygen atoms in total. The number of carbonyl (C=O) groups is 2. The Bertz CT molecular complexity index is 570. The van der Waals surface area contributed by atoms with Crippen LogP contribution in [0.1, 0.15) is 32.8 Å². The van der Waals surface area contributed by atoms with Gasteiger partial charge in [0.25, 0.3) is 0 Å². The summed E-state index contributed by atoms with van der Waals surface area (Å²) in [5.41, 5.74) is -0.413. The van der Waals surface area contributed by atoms with Crippen LogP contribution >= 0.6 is 0 Å². The molecule has 1 aromatic rings. The van der Waals surface area contributed by atoms with Crippen LogP contribution in [0.2, 0.25) is 0 Å². The summed E-state index contributed by atoms with van der Waals surface area (Å²) in [4.78, 5) is 23.0. The molecule has 128 valence electrons. The number of halogens is 2. The van der Waals surface area contributed by atoms with Gasteiger partial charge in [-0.15, -0.1) is 0 Å². The Hall–Kier alpha value is -2.02. The largest absolute Gasteiger partial charge is 0.480 e. The number of hydrogen-bond acceptors (Lipinski definition) is 3. The molecule has 1 aromatic carbocycles. The van der Waals surface area contributed by atoms with E-state index in [-0.39, 0.29) is 25.0 Å². The molecule has 0 radical (unpaired) electrons. The molecular formula is C16H21F2NO4. The van der Waals surface area contributed by atoms with E-state index in [0.29, 0.717) is 6.07 Å². The first kappa shape index (κ1) is 19.0. The topological polar surface area (TPSA) is 75.6 Å². The summed E-state index contributed by atoms with van der Waals surface area (Å²) in [6, 6.07) is 1.74. The smallest absolute Gasteiger partial charge is 0.326 e. The highest BCUT2D eigenvalue weighted by atomic mass is 19.1. The van der Waals surface area contributed by atoms with E-state index in [1.54, 1.807) is 0 Å². The molecule has 1 atom stereocenters. The SMILES string of the molecule is CC(C)(C)OCCC(NC(=O)Cc1ccc(F)cc1F)C(=O)O. The minimum Gasteiger partial charge on any atom is -0.480 e. The summed E-state index contributed by atoms with van der Waals surface area (Å²) in [5.74, 6) is -3.44. The zero-order chi connectivity index (χ0) is 17.6. The Morgan fingerprint density at radius 3 is 2.48 bits per heavy atom. The van der Waals surface area contributed by atoms with Crippen molar-refractivity contribution >= 4 is 11.9 Å². The number of nitrogens with one attached hydrogen (secondary N) is 1. The minimum atomic E-state index is -1.20. The van der Waals surface area contributed by atoms with Crippen molar-refractivity contribution in [3.63, 3.8) is 0 Å². The van der Waals surface area contributed by atoms with Crippen molar-refractivity contribution in [3.05, 3.63) is 35.4 Å². The van der Waals surface area contributed by atoms with Crippen LogP contribution in [0.25, 0.3) is 0 Å². The predicted octanol–water partition coefficient (Wildman–Crippen LogP) is 2.28. The van der Waals surface area contributed by atoms with Crippen LogP contribution in [0.15, 0.2) is 18.2 Å². The molecule has 0 saturated carbocycles. The van der Waals surface area contributed by atoms with Gasteiger partial charge >= 0.3 is 5.97 Å². The molecule has 0 aliphatic heterocycles. The Balaban J connectivity index is 2.58. The molecule has 0 fully saturated rings. The molecular weight excluding hydrogens is 308 g/mol. The van der Waals surface area contributed by atoms with Gasteiger partial charge < -0.3 is 15.2 Å². The third-order valence-electron chi connectivity index (χ3n) is 2.94. The second-order valence-electron chi connectivity index (χ2n) is 6.12. The number of benzene rings is 1. The maximum Gasteiger partial charge on any atom is 0.326 e. The molecule has 23 heavy (non-hydrogen) atoms. The molecule has 1 rings (SSSR count). The lowest BCUT2D eigenvalue weighted by Crippen LogP contribution is -2.42. The highest BCUT2D eigenvalue weighted by molar-refractivity contribution is 5.84. The minimum absolute atomic E-state index is 0.000944. The summed E-state index contributed by atoms with van der Waals surface area (Å²) in [7, 11) is 0. The average molecular weight is 329 g/mol. The Morgan fingerprint density at radius 1 is 1.30 bits per heavy atom. The van der Waals surface area contributed by atoms with Crippen LogP contribution in [-0.4, -0.2) is 35.2 Å². The van der Waals surface area contributed by atoms with Gasteiger partial charge in [-0.25, -0.2) is 13.6 Å². The normalized spacial score (nSPS) is 12.7. The Labute approximate surface area is 133 Å². The molecule has 0 heterocycles. The van der Waals surface area contributed by atoms with Gasteiger partial charge in [-0.2, -0.15) is 0 Å². The van der Waals surface area contributed by atoms with E-state index in [0.717, 1.165) is 12.1 Å². The molecule has 1 amide bonds. The van der Waals surface area contributed by atoms with E-state index in [2.05, 4.69) is 5.32 Å². The summed E-state index contributed by atoms with van der Waals surface area (Å²) in [5, 5.41) is 11.4. The van der Waals surface area contributed by atoms with Crippen LogP contribution in [0.3, 0.4) is 0 Å². The molecule has 0 aromatic heterocycles. The van der Waals surface area contributed by atoms with Gasteiger partial charge in [-0.1, -0.05) is 6.07 Å². The van der Waals surface area contributed by atoms with Crippen molar-refractivity contribution < 1.29 is 28.2 Å². The summed E-state index contributed by atoms with van der Waals surface area (Å²) in [6.45, 7) is 5.65. The van der Waals surface area contributed by atoms with Crippen molar-refractivity contribution in [3.8, 4) is 0 Å². The van der Waals surface area contributed by atoms with Crippen LogP contribution in [-0.2, 0) is 20.7 Å². The third kappa shape index (κ3) is 7.19. The molecule has 2 N–H and O–H groups in total. The first-order valence-electron chi connectivity index (χ1n) is 7.18. The van der Waals surface area contributed by atoms with Crippen LogP contribution in [0.4, 0.5) is 8.78 Å². The molecule has 7 heteroatoms.